The molecule has 1 aromatic carbocycles. The van der Waals surface area contributed by atoms with Crippen LogP contribution in [0.5, 0.6) is 0 Å². The zero-order chi connectivity index (χ0) is 12.6. The number of carbonyl (C=O) groups excluding carboxylic acids is 2. The van der Waals surface area contributed by atoms with E-state index in [1.54, 1.807) is 26.0 Å². The van der Waals surface area contributed by atoms with Crippen LogP contribution >= 0.6 is 0 Å². The molecule has 17 heavy (non-hydrogen) atoms. The molecule has 1 aliphatic rings. The van der Waals surface area contributed by atoms with Gasteiger partial charge in [0.1, 0.15) is 18.4 Å². The first kappa shape index (κ1) is 11.6. The van der Waals surface area contributed by atoms with E-state index in [1.807, 2.05) is 0 Å². The lowest BCUT2D eigenvalue weighted by Crippen LogP contribution is -2.57. The Morgan fingerprint density at radius 2 is 2.12 bits per heavy atom. The van der Waals surface area contributed by atoms with Gasteiger partial charge < -0.3 is 5.32 Å². The van der Waals surface area contributed by atoms with E-state index in [0.29, 0.717) is 5.56 Å². The average Bonchev–Trinajstić information content (AvgIpc) is 2.27. The second-order valence-electron chi connectivity index (χ2n) is 4.12. The first-order chi connectivity index (χ1) is 8.00. The Labute approximate surface area is 98.4 Å². The molecule has 2 amide bonds. The zero-order valence-electron chi connectivity index (χ0n) is 9.66. The van der Waals surface area contributed by atoms with E-state index in [4.69, 9.17) is 0 Å². The van der Waals surface area contributed by atoms with Gasteiger partial charge in [-0.25, -0.2) is 4.39 Å². The summed E-state index contributed by atoms with van der Waals surface area (Å²) >= 11 is 0. The van der Waals surface area contributed by atoms with Gasteiger partial charge in [-0.15, -0.1) is 0 Å². The maximum atomic E-state index is 13.9. The number of amides is 2. The molecule has 0 spiro atoms. The molecular weight excluding hydrogens is 223 g/mol. The summed E-state index contributed by atoms with van der Waals surface area (Å²) < 4.78 is 13.9. The number of halogens is 1. The van der Waals surface area contributed by atoms with Crippen LogP contribution in [-0.2, 0) is 9.59 Å². The number of aryl methyl sites for hydroxylation is 1. The average molecular weight is 236 g/mol. The van der Waals surface area contributed by atoms with Crippen molar-refractivity contribution in [2.24, 2.45) is 0 Å². The number of hydrogen-bond acceptors (Lipinski definition) is 2. The van der Waals surface area contributed by atoms with Gasteiger partial charge in [0.2, 0.25) is 11.8 Å². The topological polar surface area (TPSA) is 49.4 Å². The normalized spacial score (nSPS) is 20.4. The molecule has 1 aromatic rings. The minimum absolute atomic E-state index is 0.135. The van der Waals surface area contributed by atoms with Crippen LogP contribution in [0.3, 0.4) is 0 Å². The van der Waals surface area contributed by atoms with Gasteiger partial charge in [0.25, 0.3) is 0 Å². The number of hydrogen-bond donors (Lipinski definition) is 1. The Kier molecular flexibility index (Phi) is 2.83. The van der Waals surface area contributed by atoms with Crippen LogP contribution in [0.15, 0.2) is 18.2 Å². The van der Waals surface area contributed by atoms with E-state index in [9.17, 15) is 14.0 Å². The molecule has 0 aromatic heterocycles. The van der Waals surface area contributed by atoms with Crippen molar-refractivity contribution in [3.8, 4) is 0 Å². The molecule has 0 saturated carbocycles. The van der Waals surface area contributed by atoms with Crippen LogP contribution in [0.1, 0.15) is 12.5 Å². The van der Waals surface area contributed by atoms with E-state index in [1.165, 1.54) is 11.0 Å². The number of carbonyl (C=O) groups is 2. The zero-order valence-corrected chi connectivity index (χ0v) is 9.66. The molecule has 0 radical (unpaired) electrons. The minimum Gasteiger partial charge on any atom is -0.343 e. The summed E-state index contributed by atoms with van der Waals surface area (Å²) in [5.74, 6) is -1.03. The van der Waals surface area contributed by atoms with Gasteiger partial charge >= 0.3 is 0 Å². The third-order valence-corrected chi connectivity index (χ3v) is 2.78. The van der Waals surface area contributed by atoms with E-state index < -0.39 is 11.9 Å². The van der Waals surface area contributed by atoms with Crippen molar-refractivity contribution < 1.29 is 14.0 Å². The molecule has 5 heteroatoms. The molecule has 1 N–H and O–H groups in total. The standard InChI is InChI=1S/C12H13FN2O2/c1-7-4-3-5-9(11(7)13)15-6-10(16)14-8(2)12(15)17/h3-5,8H,6H2,1-2H3,(H,14,16). The van der Waals surface area contributed by atoms with Gasteiger partial charge in [0, 0.05) is 0 Å². The molecule has 1 saturated heterocycles. The van der Waals surface area contributed by atoms with E-state index in [2.05, 4.69) is 5.32 Å². The third-order valence-electron chi connectivity index (χ3n) is 2.78. The first-order valence-corrected chi connectivity index (χ1v) is 5.36. The largest absolute Gasteiger partial charge is 0.343 e. The lowest BCUT2D eigenvalue weighted by Gasteiger charge is -2.31. The summed E-state index contributed by atoms with van der Waals surface area (Å²) in [7, 11) is 0. The fraction of sp³-hybridized carbons (Fsp3) is 0.333. The van der Waals surface area contributed by atoms with Gasteiger partial charge in [-0.05, 0) is 25.5 Å². The Morgan fingerprint density at radius 1 is 1.41 bits per heavy atom. The molecule has 0 bridgehead atoms. The van der Waals surface area contributed by atoms with Crippen molar-refractivity contribution >= 4 is 17.5 Å². The lowest BCUT2D eigenvalue weighted by molar-refractivity contribution is -0.130. The Hall–Kier alpha value is -1.91. The van der Waals surface area contributed by atoms with Crippen LogP contribution in [0, 0.1) is 12.7 Å². The van der Waals surface area contributed by atoms with E-state index in [-0.39, 0.29) is 24.0 Å². The smallest absolute Gasteiger partial charge is 0.249 e. The summed E-state index contributed by atoms with van der Waals surface area (Å²) in [6, 6.07) is 4.18. The molecule has 1 heterocycles. The van der Waals surface area contributed by atoms with Crippen LogP contribution in [0.25, 0.3) is 0 Å². The second kappa shape index (κ2) is 4.16. The third kappa shape index (κ3) is 2.00. The first-order valence-electron chi connectivity index (χ1n) is 5.36. The summed E-state index contributed by atoms with van der Waals surface area (Å²) in [6.45, 7) is 3.07. The molecule has 1 atom stereocenters. The fourth-order valence-corrected chi connectivity index (χ4v) is 1.85. The molecule has 90 valence electrons. The van der Waals surface area contributed by atoms with Crippen LogP contribution in [0.4, 0.5) is 10.1 Å². The predicted molar refractivity (Wildman–Crippen MR) is 61.1 cm³/mol. The van der Waals surface area contributed by atoms with Gasteiger partial charge in [-0.2, -0.15) is 0 Å². The van der Waals surface area contributed by atoms with Crippen molar-refractivity contribution in [2.45, 2.75) is 19.9 Å². The van der Waals surface area contributed by atoms with Crippen LogP contribution in [0.2, 0.25) is 0 Å². The molecule has 4 nitrogen and oxygen atoms in total. The van der Waals surface area contributed by atoms with Crippen LogP contribution in [-0.4, -0.2) is 24.4 Å². The highest BCUT2D eigenvalue weighted by Gasteiger charge is 2.31. The highest BCUT2D eigenvalue weighted by molar-refractivity contribution is 6.06. The Bertz CT molecular complexity index is 487. The van der Waals surface area contributed by atoms with Gasteiger partial charge in [0.05, 0.1) is 5.69 Å². The molecule has 0 aliphatic carbocycles. The summed E-state index contributed by atoms with van der Waals surface area (Å²) in [5, 5.41) is 2.51. The molecule has 2 rings (SSSR count). The number of benzene rings is 1. The van der Waals surface area contributed by atoms with Crippen molar-refractivity contribution in [3.05, 3.63) is 29.6 Å². The van der Waals surface area contributed by atoms with Crippen LogP contribution < -0.4 is 10.2 Å². The van der Waals surface area contributed by atoms with Crippen molar-refractivity contribution in [3.63, 3.8) is 0 Å². The highest BCUT2D eigenvalue weighted by atomic mass is 19.1. The number of nitrogens with zero attached hydrogens (tertiary/aromatic N) is 1. The maximum absolute atomic E-state index is 13.9. The van der Waals surface area contributed by atoms with Crippen molar-refractivity contribution in [1.82, 2.24) is 5.32 Å². The van der Waals surface area contributed by atoms with Gasteiger partial charge in [-0.3, -0.25) is 14.5 Å². The highest BCUT2D eigenvalue weighted by Crippen LogP contribution is 2.23. The predicted octanol–water partition coefficient (Wildman–Crippen LogP) is 0.985. The lowest BCUT2D eigenvalue weighted by atomic mass is 10.1. The number of piperazine rings is 1. The van der Waals surface area contributed by atoms with Crippen molar-refractivity contribution in [2.75, 3.05) is 11.4 Å². The number of rotatable bonds is 1. The summed E-state index contributed by atoms with van der Waals surface area (Å²) in [5.41, 5.74) is 0.616. The SMILES string of the molecule is Cc1cccc(N2CC(=O)NC(C)C2=O)c1F. The summed E-state index contributed by atoms with van der Waals surface area (Å²) in [6.07, 6.45) is 0. The quantitative estimate of drug-likeness (QED) is 0.790. The van der Waals surface area contributed by atoms with Gasteiger partial charge in [0.15, 0.2) is 0 Å². The molecule has 1 aliphatic heterocycles. The van der Waals surface area contributed by atoms with E-state index in [0.717, 1.165) is 0 Å². The number of nitrogens with one attached hydrogen (secondary N) is 1. The van der Waals surface area contributed by atoms with E-state index >= 15 is 0 Å². The maximum Gasteiger partial charge on any atom is 0.249 e. The second-order valence-corrected chi connectivity index (χ2v) is 4.12. The Balaban J connectivity index is 2.41. The Morgan fingerprint density at radius 3 is 2.82 bits per heavy atom. The van der Waals surface area contributed by atoms with Gasteiger partial charge in [-0.1, -0.05) is 12.1 Å². The summed E-state index contributed by atoms with van der Waals surface area (Å²) in [4.78, 5) is 24.4. The monoisotopic (exact) mass is 236 g/mol. The fourth-order valence-electron chi connectivity index (χ4n) is 1.85. The molecule has 1 unspecified atom stereocenters. The van der Waals surface area contributed by atoms with Crippen molar-refractivity contribution in [1.29, 1.82) is 0 Å². The number of anilines is 1. The molecule has 1 fully saturated rings. The minimum atomic E-state index is -0.615. The molecular formula is C12H13FN2O2.